The van der Waals surface area contributed by atoms with Gasteiger partial charge in [-0.3, -0.25) is 19.7 Å². The van der Waals surface area contributed by atoms with Gasteiger partial charge < -0.3 is 5.32 Å². The zero-order valence-corrected chi connectivity index (χ0v) is 15.0. The molecule has 0 aliphatic rings. The normalized spacial score (nSPS) is 10.4. The summed E-state index contributed by atoms with van der Waals surface area (Å²) >= 11 is 0. The number of hydrogen-bond donors (Lipinski definition) is 1. The van der Waals surface area contributed by atoms with Crippen LogP contribution in [0.1, 0.15) is 47.7 Å². The van der Waals surface area contributed by atoms with Gasteiger partial charge in [0.15, 0.2) is 5.78 Å². The molecule has 2 aromatic rings. The Morgan fingerprint density at radius 3 is 2.38 bits per heavy atom. The summed E-state index contributed by atoms with van der Waals surface area (Å²) in [7, 11) is 0. The van der Waals surface area contributed by atoms with Crippen LogP contribution in [0.15, 0.2) is 42.5 Å². The van der Waals surface area contributed by atoms with Crippen molar-refractivity contribution in [1.29, 1.82) is 0 Å². The molecule has 0 saturated carbocycles. The Balaban J connectivity index is 1.91. The van der Waals surface area contributed by atoms with Crippen LogP contribution in [0.5, 0.6) is 0 Å². The number of Topliss-reactive ketones (excluding diaryl/α,β-unsaturated/α-hetero) is 1. The van der Waals surface area contributed by atoms with Crippen LogP contribution < -0.4 is 5.32 Å². The molecule has 0 radical (unpaired) electrons. The second kappa shape index (κ2) is 8.89. The van der Waals surface area contributed by atoms with Gasteiger partial charge in [-0.1, -0.05) is 43.7 Å². The number of ketones is 1. The van der Waals surface area contributed by atoms with Crippen molar-refractivity contribution in [3.8, 4) is 0 Å². The molecule has 0 spiro atoms. The van der Waals surface area contributed by atoms with Crippen LogP contribution in [0.25, 0.3) is 0 Å². The minimum absolute atomic E-state index is 0.0250. The molecule has 0 aliphatic carbocycles. The Bertz CT molecular complexity index is 813. The van der Waals surface area contributed by atoms with Crippen molar-refractivity contribution >= 4 is 23.1 Å². The Morgan fingerprint density at radius 1 is 1.08 bits per heavy atom. The van der Waals surface area contributed by atoms with Gasteiger partial charge >= 0.3 is 0 Å². The SMILES string of the molecule is CCCc1ccc(C(=O)CCC(=O)Nc2ccc(C)c([N+](=O)[O-])c2)cc1. The first-order chi connectivity index (χ1) is 12.4. The molecule has 2 rings (SSSR count). The van der Waals surface area contributed by atoms with E-state index in [2.05, 4.69) is 12.2 Å². The van der Waals surface area contributed by atoms with E-state index in [1.165, 1.54) is 11.6 Å². The summed E-state index contributed by atoms with van der Waals surface area (Å²) in [5.41, 5.74) is 2.59. The molecule has 2 aromatic carbocycles. The molecule has 0 bridgehead atoms. The Labute approximate surface area is 152 Å². The van der Waals surface area contributed by atoms with Crippen LogP contribution in [0.3, 0.4) is 0 Å². The molecular weight excluding hydrogens is 332 g/mol. The number of hydrogen-bond acceptors (Lipinski definition) is 4. The number of nitrogens with one attached hydrogen (secondary N) is 1. The average Bonchev–Trinajstić information content (AvgIpc) is 2.62. The maximum atomic E-state index is 12.2. The monoisotopic (exact) mass is 354 g/mol. The largest absolute Gasteiger partial charge is 0.326 e. The van der Waals surface area contributed by atoms with Crippen molar-refractivity contribution in [1.82, 2.24) is 0 Å². The van der Waals surface area contributed by atoms with Crippen LogP contribution in [0, 0.1) is 17.0 Å². The van der Waals surface area contributed by atoms with Crippen molar-refractivity contribution in [2.45, 2.75) is 39.5 Å². The number of aryl methyl sites for hydroxylation is 2. The minimum atomic E-state index is -0.489. The van der Waals surface area contributed by atoms with E-state index in [4.69, 9.17) is 0 Å². The number of nitro groups is 1. The highest BCUT2D eigenvalue weighted by molar-refractivity contribution is 6.00. The lowest BCUT2D eigenvalue weighted by Gasteiger charge is -2.06. The molecular formula is C20H22N2O4. The highest BCUT2D eigenvalue weighted by atomic mass is 16.6. The lowest BCUT2D eigenvalue weighted by molar-refractivity contribution is -0.385. The van der Waals surface area contributed by atoms with Crippen molar-refractivity contribution in [3.63, 3.8) is 0 Å². The van der Waals surface area contributed by atoms with Gasteiger partial charge in [-0.25, -0.2) is 0 Å². The summed E-state index contributed by atoms with van der Waals surface area (Å²) in [6.07, 6.45) is 2.13. The van der Waals surface area contributed by atoms with E-state index in [-0.39, 0.29) is 30.2 Å². The van der Waals surface area contributed by atoms with Gasteiger partial charge in [0, 0.05) is 35.7 Å². The molecule has 0 saturated heterocycles. The highest BCUT2D eigenvalue weighted by Gasteiger charge is 2.13. The fraction of sp³-hybridized carbons (Fsp3) is 0.300. The summed E-state index contributed by atoms with van der Waals surface area (Å²) in [5, 5.41) is 13.5. The molecule has 1 amide bonds. The molecule has 136 valence electrons. The maximum absolute atomic E-state index is 12.2. The van der Waals surface area contributed by atoms with Crippen molar-refractivity contribution in [2.75, 3.05) is 5.32 Å². The number of anilines is 1. The van der Waals surface area contributed by atoms with Gasteiger partial charge in [0.1, 0.15) is 0 Å². The summed E-state index contributed by atoms with van der Waals surface area (Å²) in [4.78, 5) is 34.7. The summed E-state index contributed by atoms with van der Waals surface area (Å²) in [6, 6.07) is 11.9. The number of carbonyl (C=O) groups is 2. The predicted molar refractivity (Wildman–Crippen MR) is 100 cm³/mol. The summed E-state index contributed by atoms with van der Waals surface area (Å²) < 4.78 is 0. The van der Waals surface area contributed by atoms with E-state index < -0.39 is 4.92 Å². The Morgan fingerprint density at radius 2 is 1.77 bits per heavy atom. The molecule has 0 fully saturated rings. The van der Waals surface area contributed by atoms with E-state index in [1.54, 1.807) is 31.2 Å². The lowest BCUT2D eigenvalue weighted by Crippen LogP contribution is -2.13. The first-order valence-electron chi connectivity index (χ1n) is 8.57. The average molecular weight is 354 g/mol. The lowest BCUT2D eigenvalue weighted by atomic mass is 10.0. The topological polar surface area (TPSA) is 89.3 Å². The second-order valence-corrected chi connectivity index (χ2v) is 6.18. The summed E-state index contributed by atoms with van der Waals surface area (Å²) in [5.74, 6) is -0.447. The molecule has 26 heavy (non-hydrogen) atoms. The van der Waals surface area contributed by atoms with Gasteiger partial charge in [0.05, 0.1) is 4.92 Å². The van der Waals surface area contributed by atoms with Gasteiger partial charge in [0.25, 0.3) is 5.69 Å². The van der Waals surface area contributed by atoms with Crippen LogP contribution >= 0.6 is 0 Å². The number of nitro benzene ring substituents is 1. The van der Waals surface area contributed by atoms with Gasteiger partial charge in [-0.2, -0.15) is 0 Å². The molecule has 0 aliphatic heterocycles. The molecule has 6 nitrogen and oxygen atoms in total. The van der Waals surface area contributed by atoms with E-state index in [1.807, 2.05) is 12.1 Å². The highest BCUT2D eigenvalue weighted by Crippen LogP contribution is 2.22. The van der Waals surface area contributed by atoms with Gasteiger partial charge in [-0.15, -0.1) is 0 Å². The third kappa shape index (κ3) is 5.24. The molecule has 1 N–H and O–H groups in total. The number of rotatable bonds is 8. The maximum Gasteiger partial charge on any atom is 0.274 e. The van der Waals surface area contributed by atoms with Crippen LogP contribution in [-0.4, -0.2) is 16.6 Å². The first kappa shape index (κ1) is 19.3. The second-order valence-electron chi connectivity index (χ2n) is 6.18. The van der Waals surface area contributed by atoms with Gasteiger partial charge in [0.2, 0.25) is 5.91 Å². The zero-order valence-electron chi connectivity index (χ0n) is 15.0. The number of amides is 1. The van der Waals surface area contributed by atoms with E-state index in [0.717, 1.165) is 12.8 Å². The molecule has 0 heterocycles. The van der Waals surface area contributed by atoms with Crippen LogP contribution in [0.4, 0.5) is 11.4 Å². The fourth-order valence-electron chi connectivity index (χ4n) is 2.62. The third-order valence-electron chi connectivity index (χ3n) is 4.08. The molecule has 0 unspecified atom stereocenters. The summed E-state index contributed by atoms with van der Waals surface area (Å²) in [6.45, 7) is 3.73. The molecule has 0 atom stereocenters. The van der Waals surface area contributed by atoms with E-state index in [0.29, 0.717) is 16.8 Å². The molecule has 6 heteroatoms. The van der Waals surface area contributed by atoms with Crippen LogP contribution in [0.2, 0.25) is 0 Å². The zero-order chi connectivity index (χ0) is 19.1. The molecule has 0 aromatic heterocycles. The van der Waals surface area contributed by atoms with Crippen molar-refractivity contribution < 1.29 is 14.5 Å². The number of nitrogens with zero attached hydrogens (tertiary/aromatic N) is 1. The quantitative estimate of drug-likeness (QED) is 0.430. The van der Waals surface area contributed by atoms with Crippen molar-refractivity contribution in [2.24, 2.45) is 0 Å². The first-order valence-corrected chi connectivity index (χ1v) is 8.57. The standard InChI is InChI=1S/C20H22N2O4/c1-3-4-15-6-8-16(9-7-15)19(23)11-12-20(24)21-17-10-5-14(2)18(13-17)22(25)26/h5-10,13H,3-4,11-12H2,1-2H3,(H,21,24). The Kier molecular flexibility index (Phi) is 6.60. The number of carbonyl (C=O) groups excluding carboxylic acids is 2. The fourth-order valence-corrected chi connectivity index (χ4v) is 2.62. The minimum Gasteiger partial charge on any atom is -0.326 e. The van der Waals surface area contributed by atoms with E-state index >= 15 is 0 Å². The van der Waals surface area contributed by atoms with Crippen LogP contribution in [-0.2, 0) is 11.2 Å². The van der Waals surface area contributed by atoms with E-state index in [9.17, 15) is 19.7 Å². The van der Waals surface area contributed by atoms with Crippen molar-refractivity contribution in [3.05, 3.63) is 69.3 Å². The third-order valence-corrected chi connectivity index (χ3v) is 4.08. The smallest absolute Gasteiger partial charge is 0.274 e. The Hall–Kier alpha value is -3.02. The number of benzene rings is 2. The van der Waals surface area contributed by atoms with Gasteiger partial charge in [-0.05, 0) is 25.0 Å². The predicted octanol–water partition coefficient (Wildman–Crippen LogP) is 4.46.